The van der Waals surface area contributed by atoms with Crippen molar-refractivity contribution in [2.24, 2.45) is 0 Å². The molecule has 0 aliphatic heterocycles. The lowest BCUT2D eigenvalue weighted by atomic mass is 10.1. The standard InChI is InChI=1S/C16H27N5/c1-6-8-13-19-14(15(17)21(13)16(3,4)5)12-10-18-11-20(12)9-7-2/h10-11H,6-9,17H2,1-5H3. The van der Waals surface area contributed by atoms with Crippen molar-refractivity contribution in [3.05, 3.63) is 18.3 Å². The molecule has 2 rings (SSSR count). The van der Waals surface area contributed by atoms with Crippen LogP contribution in [0.15, 0.2) is 12.5 Å². The van der Waals surface area contributed by atoms with Gasteiger partial charge in [-0.2, -0.15) is 0 Å². The zero-order chi connectivity index (χ0) is 15.6. The fourth-order valence-corrected chi connectivity index (χ4v) is 2.75. The highest BCUT2D eigenvalue weighted by atomic mass is 15.2. The Morgan fingerprint density at radius 3 is 2.48 bits per heavy atom. The molecule has 0 spiro atoms. The topological polar surface area (TPSA) is 61.7 Å². The Labute approximate surface area is 127 Å². The summed E-state index contributed by atoms with van der Waals surface area (Å²) in [6, 6.07) is 0. The highest BCUT2D eigenvalue weighted by Crippen LogP contribution is 2.31. The third-order valence-corrected chi connectivity index (χ3v) is 3.55. The van der Waals surface area contributed by atoms with E-state index in [1.165, 1.54) is 0 Å². The van der Waals surface area contributed by atoms with Crippen LogP contribution >= 0.6 is 0 Å². The van der Waals surface area contributed by atoms with Gasteiger partial charge in [-0.15, -0.1) is 0 Å². The molecule has 2 heterocycles. The summed E-state index contributed by atoms with van der Waals surface area (Å²) in [5.74, 6) is 1.80. The summed E-state index contributed by atoms with van der Waals surface area (Å²) in [6.07, 6.45) is 6.76. The monoisotopic (exact) mass is 289 g/mol. The summed E-state index contributed by atoms with van der Waals surface area (Å²) >= 11 is 0. The first-order chi connectivity index (χ1) is 9.90. The Morgan fingerprint density at radius 2 is 1.90 bits per heavy atom. The van der Waals surface area contributed by atoms with E-state index in [-0.39, 0.29) is 5.54 Å². The van der Waals surface area contributed by atoms with Gasteiger partial charge >= 0.3 is 0 Å². The maximum atomic E-state index is 6.44. The third kappa shape index (κ3) is 2.96. The number of aromatic nitrogens is 4. The van der Waals surface area contributed by atoms with Crippen LogP contribution in [0, 0.1) is 0 Å². The molecule has 0 radical (unpaired) electrons. The van der Waals surface area contributed by atoms with Gasteiger partial charge in [0.1, 0.15) is 17.3 Å². The van der Waals surface area contributed by atoms with Crippen molar-refractivity contribution in [3.8, 4) is 11.4 Å². The molecule has 0 aromatic carbocycles. The van der Waals surface area contributed by atoms with Crippen LogP contribution in [0.3, 0.4) is 0 Å². The quantitative estimate of drug-likeness (QED) is 0.917. The predicted octanol–water partition coefficient (Wildman–Crippen LogP) is 3.45. The van der Waals surface area contributed by atoms with E-state index in [9.17, 15) is 0 Å². The number of hydrogen-bond acceptors (Lipinski definition) is 3. The van der Waals surface area contributed by atoms with Crippen molar-refractivity contribution >= 4 is 5.82 Å². The number of hydrogen-bond donors (Lipinski definition) is 1. The Bertz CT molecular complexity index is 601. The molecular weight excluding hydrogens is 262 g/mol. The normalized spacial score (nSPS) is 12.0. The Balaban J connectivity index is 2.57. The summed E-state index contributed by atoms with van der Waals surface area (Å²) in [4.78, 5) is 9.09. The van der Waals surface area contributed by atoms with Crippen LogP contribution in [0.5, 0.6) is 0 Å². The lowest BCUT2D eigenvalue weighted by Crippen LogP contribution is -2.25. The van der Waals surface area contributed by atoms with Gasteiger partial charge < -0.3 is 14.9 Å². The molecule has 0 amide bonds. The summed E-state index contributed by atoms with van der Waals surface area (Å²) in [5, 5.41) is 0. The second-order valence-corrected chi connectivity index (χ2v) is 6.49. The van der Waals surface area contributed by atoms with E-state index in [1.807, 2.05) is 12.5 Å². The van der Waals surface area contributed by atoms with E-state index in [0.717, 1.165) is 48.8 Å². The Hall–Kier alpha value is -1.78. The van der Waals surface area contributed by atoms with Gasteiger partial charge in [-0.3, -0.25) is 0 Å². The molecule has 116 valence electrons. The van der Waals surface area contributed by atoms with Gasteiger partial charge in [-0.1, -0.05) is 13.8 Å². The first-order valence-corrected chi connectivity index (χ1v) is 7.78. The molecule has 2 aromatic heterocycles. The van der Waals surface area contributed by atoms with Gasteiger partial charge in [0.05, 0.1) is 18.2 Å². The van der Waals surface area contributed by atoms with Crippen molar-refractivity contribution < 1.29 is 0 Å². The van der Waals surface area contributed by atoms with Crippen molar-refractivity contribution in [3.63, 3.8) is 0 Å². The highest BCUT2D eigenvalue weighted by Gasteiger charge is 2.25. The summed E-state index contributed by atoms with van der Waals surface area (Å²) in [7, 11) is 0. The van der Waals surface area contributed by atoms with Crippen molar-refractivity contribution in [2.45, 2.75) is 66.0 Å². The number of nitrogens with two attached hydrogens (primary N) is 1. The SMILES string of the molecule is CCCc1nc(-c2cncn2CCC)c(N)n1C(C)(C)C. The molecule has 21 heavy (non-hydrogen) atoms. The zero-order valence-corrected chi connectivity index (χ0v) is 13.8. The summed E-state index contributed by atoms with van der Waals surface area (Å²) < 4.78 is 4.29. The maximum Gasteiger partial charge on any atom is 0.133 e. The third-order valence-electron chi connectivity index (χ3n) is 3.55. The van der Waals surface area contributed by atoms with Gasteiger partial charge in [0, 0.05) is 18.5 Å². The van der Waals surface area contributed by atoms with Crippen LogP contribution in [0.2, 0.25) is 0 Å². The van der Waals surface area contributed by atoms with Gasteiger partial charge in [0.2, 0.25) is 0 Å². The average molecular weight is 289 g/mol. The van der Waals surface area contributed by atoms with Gasteiger partial charge in [0.25, 0.3) is 0 Å². The maximum absolute atomic E-state index is 6.44. The van der Waals surface area contributed by atoms with Crippen molar-refractivity contribution in [2.75, 3.05) is 5.73 Å². The van der Waals surface area contributed by atoms with E-state index < -0.39 is 0 Å². The molecule has 2 aromatic rings. The molecule has 0 aliphatic rings. The Kier molecular flexibility index (Phi) is 4.40. The first kappa shape index (κ1) is 15.6. The molecule has 0 aliphatic carbocycles. The van der Waals surface area contributed by atoms with E-state index >= 15 is 0 Å². The van der Waals surface area contributed by atoms with E-state index in [0.29, 0.717) is 0 Å². The van der Waals surface area contributed by atoms with E-state index in [4.69, 9.17) is 10.7 Å². The molecule has 0 fully saturated rings. The van der Waals surface area contributed by atoms with Gasteiger partial charge in [-0.05, 0) is 33.6 Å². The summed E-state index contributed by atoms with van der Waals surface area (Å²) in [6.45, 7) is 11.7. The Morgan fingerprint density at radius 1 is 1.19 bits per heavy atom. The van der Waals surface area contributed by atoms with E-state index in [2.05, 4.69) is 48.7 Å². The van der Waals surface area contributed by atoms with Crippen LogP contribution in [-0.2, 0) is 18.5 Å². The second kappa shape index (κ2) is 5.92. The minimum atomic E-state index is -0.0740. The van der Waals surface area contributed by atoms with E-state index in [1.54, 1.807) is 0 Å². The molecule has 5 nitrogen and oxygen atoms in total. The predicted molar refractivity (Wildman–Crippen MR) is 87.1 cm³/mol. The minimum absolute atomic E-state index is 0.0740. The number of aryl methyl sites for hydroxylation is 2. The first-order valence-electron chi connectivity index (χ1n) is 7.78. The molecule has 5 heteroatoms. The number of rotatable bonds is 5. The molecule has 0 bridgehead atoms. The molecule has 0 atom stereocenters. The fourth-order valence-electron chi connectivity index (χ4n) is 2.75. The van der Waals surface area contributed by atoms with Crippen LogP contribution in [0.25, 0.3) is 11.4 Å². The highest BCUT2D eigenvalue weighted by molar-refractivity contribution is 5.68. The zero-order valence-electron chi connectivity index (χ0n) is 13.8. The molecule has 0 saturated carbocycles. The fraction of sp³-hybridized carbons (Fsp3) is 0.625. The number of nitrogens with zero attached hydrogens (tertiary/aromatic N) is 4. The summed E-state index contributed by atoms with van der Waals surface area (Å²) in [5.41, 5.74) is 8.23. The van der Waals surface area contributed by atoms with Crippen LogP contribution in [0.1, 0.15) is 53.3 Å². The average Bonchev–Trinajstić information content (AvgIpc) is 2.94. The van der Waals surface area contributed by atoms with Crippen LogP contribution in [-0.4, -0.2) is 19.1 Å². The van der Waals surface area contributed by atoms with Crippen molar-refractivity contribution in [1.29, 1.82) is 0 Å². The largest absolute Gasteiger partial charge is 0.383 e. The minimum Gasteiger partial charge on any atom is -0.383 e. The number of nitrogen functional groups attached to an aromatic ring is 1. The second-order valence-electron chi connectivity index (χ2n) is 6.49. The number of imidazole rings is 2. The van der Waals surface area contributed by atoms with Crippen LogP contribution < -0.4 is 5.73 Å². The molecule has 0 saturated heterocycles. The lowest BCUT2D eigenvalue weighted by Gasteiger charge is -2.25. The van der Waals surface area contributed by atoms with Crippen LogP contribution in [0.4, 0.5) is 5.82 Å². The molecular formula is C16H27N5. The van der Waals surface area contributed by atoms with Gasteiger partial charge in [0.15, 0.2) is 0 Å². The number of anilines is 1. The van der Waals surface area contributed by atoms with Gasteiger partial charge in [-0.25, -0.2) is 9.97 Å². The molecule has 2 N–H and O–H groups in total. The smallest absolute Gasteiger partial charge is 0.133 e. The molecule has 0 unspecified atom stereocenters. The van der Waals surface area contributed by atoms with Crippen molar-refractivity contribution in [1.82, 2.24) is 19.1 Å². The lowest BCUT2D eigenvalue weighted by molar-refractivity contribution is 0.387.